The lowest BCUT2D eigenvalue weighted by molar-refractivity contribution is -0.167. The van der Waals surface area contributed by atoms with Crippen LogP contribution in [0.4, 0.5) is 0 Å². The van der Waals surface area contributed by atoms with Crippen LogP contribution in [0.15, 0.2) is 12.2 Å². The maximum Gasteiger partial charge on any atom is 0.306 e. The third-order valence-electron chi connectivity index (χ3n) is 13.8. The van der Waals surface area contributed by atoms with Crippen molar-refractivity contribution in [3.63, 3.8) is 0 Å². The fraction of sp³-hybridized carbons (Fsp3) is 0.918. The number of unbranched alkanes of at least 4 members (excludes halogenated alkanes) is 43. The number of carbonyl (C=O) groups excluding carboxylic acids is 3. The Morgan fingerprint density at radius 2 is 0.493 bits per heavy atom. The zero-order chi connectivity index (χ0) is 48.6. The van der Waals surface area contributed by atoms with Crippen molar-refractivity contribution < 1.29 is 28.6 Å². The molecule has 1 unspecified atom stereocenters. The van der Waals surface area contributed by atoms with Crippen molar-refractivity contribution >= 4 is 17.9 Å². The average molecular weight is 946 g/mol. The molecule has 0 aliphatic carbocycles. The molecule has 396 valence electrons. The van der Waals surface area contributed by atoms with Crippen LogP contribution in [0, 0.1) is 0 Å². The van der Waals surface area contributed by atoms with Gasteiger partial charge < -0.3 is 14.2 Å². The molecule has 0 N–H and O–H groups in total. The Balaban J connectivity index is 4.30. The second kappa shape index (κ2) is 56.7. The number of esters is 3. The number of hydrogen-bond acceptors (Lipinski definition) is 6. The number of carbonyl (C=O) groups is 3. The van der Waals surface area contributed by atoms with Crippen LogP contribution in [-0.2, 0) is 28.6 Å². The van der Waals surface area contributed by atoms with Crippen molar-refractivity contribution in [2.75, 3.05) is 13.2 Å². The Morgan fingerprint density at radius 1 is 0.284 bits per heavy atom. The van der Waals surface area contributed by atoms with Gasteiger partial charge in [-0.05, 0) is 44.9 Å². The molecule has 0 aliphatic rings. The van der Waals surface area contributed by atoms with Gasteiger partial charge in [-0.1, -0.05) is 290 Å². The fourth-order valence-electron chi connectivity index (χ4n) is 9.21. The molecule has 0 saturated heterocycles. The third kappa shape index (κ3) is 55.0. The van der Waals surface area contributed by atoms with Crippen LogP contribution in [0.5, 0.6) is 0 Å². The van der Waals surface area contributed by atoms with Crippen molar-refractivity contribution in [3.05, 3.63) is 12.2 Å². The molecule has 0 saturated carbocycles. The minimum atomic E-state index is -0.769. The fourth-order valence-corrected chi connectivity index (χ4v) is 9.21. The van der Waals surface area contributed by atoms with E-state index >= 15 is 0 Å². The quantitative estimate of drug-likeness (QED) is 0.0262. The van der Waals surface area contributed by atoms with Crippen LogP contribution >= 0.6 is 0 Å². The molecule has 6 nitrogen and oxygen atoms in total. The van der Waals surface area contributed by atoms with E-state index in [0.29, 0.717) is 19.3 Å². The van der Waals surface area contributed by atoms with Crippen LogP contribution in [-0.4, -0.2) is 37.2 Å². The van der Waals surface area contributed by atoms with Gasteiger partial charge in [0.2, 0.25) is 0 Å². The summed E-state index contributed by atoms with van der Waals surface area (Å²) < 4.78 is 16.9. The van der Waals surface area contributed by atoms with Crippen LogP contribution in [0.25, 0.3) is 0 Å². The molecular weight excluding hydrogens is 829 g/mol. The van der Waals surface area contributed by atoms with E-state index in [4.69, 9.17) is 14.2 Å². The molecule has 0 aliphatic heterocycles. The van der Waals surface area contributed by atoms with Crippen molar-refractivity contribution in [3.8, 4) is 0 Å². The Labute approximate surface area is 418 Å². The largest absolute Gasteiger partial charge is 0.462 e. The smallest absolute Gasteiger partial charge is 0.306 e. The molecule has 67 heavy (non-hydrogen) atoms. The second-order valence-corrected chi connectivity index (χ2v) is 20.6. The first-order chi connectivity index (χ1) is 33.0. The molecule has 0 spiro atoms. The molecular formula is C61H116O6. The van der Waals surface area contributed by atoms with E-state index in [1.165, 1.54) is 238 Å². The lowest BCUT2D eigenvalue weighted by Gasteiger charge is -2.18. The molecule has 0 aromatic carbocycles. The zero-order valence-electron chi connectivity index (χ0n) is 45.5. The van der Waals surface area contributed by atoms with Gasteiger partial charge in [-0.3, -0.25) is 14.4 Å². The van der Waals surface area contributed by atoms with Gasteiger partial charge in [0.05, 0.1) is 0 Å². The summed E-state index contributed by atoms with van der Waals surface area (Å²) in [4.78, 5) is 38.2. The van der Waals surface area contributed by atoms with E-state index < -0.39 is 6.10 Å². The maximum atomic E-state index is 12.9. The van der Waals surface area contributed by atoms with E-state index in [2.05, 4.69) is 32.9 Å². The first kappa shape index (κ1) is 65.1. The molecule has 0 fully saturated rings. The van der Waals surface area contributed by atoms with E-state index in [0.717, 1.165) is 64.2 Å². The van der Waals surface area contributed by atoms with Gasteiger partial charge in [-0.2, -0.15) is 0 Å². The van der Waals surface area contributed by atoms with E-state index in [1.54, 1.807) is 0 Å². The highest BCUT2D eigenvalue weighted by atomic mass is 16.6. The summed E-state index contributed by atoms with van der Waals surface area (Å²) in [7, 11) is 0. The minimum absolute atomic E-state index is 0.0672. The first-order valence-corrected chi connectivity index (χ1v) is 30.2. The monoisotopic (exact) mass is 945 g/mol. The van der Waals surface area contributed by atoms with Gasteiger partial charge in [0.25, 0.3) is 0 Å². The Morgan fingerprint density at radius 3 is 0.746 bits per heavy atom. The van der Waals surface area contributed by atoms with Crippen molar-refractivity contribution in [1.29, 1.82) is 0 Å². The van der Waals surface area contributed by atoms with E-state index in [1.807, 2.05) is 0 Å². The number of rotatable bonds is 56. The summed E-state index contributed by atoms with van der Waals surface area (Å²) in [6.07, 6.45) is 64.9. The van der Waals surface area contributed by atoms with Crippen LogP contribution in [0.3, 0.4) is 0 Å². The average Bonchev–Trinajstić information content (AvgIpc) is 3.33. The van der Waals surface area contributed by atoms with Gasteiger partial charge in [0.15, 0.2) is 6.10 Å². The molecule has 0 bridgehead atoms. The molecule has 0 radical (unpaired) electrons. The normalized spacial score (nSPS) is 12.0. The predicted octanol–water partition coefficient (Wildman–Crippen LogP) is 20.1. The summed E-state index contributed by atoms with van der Waals surface area (Å²) in [6, 6.07) is 0. The Hall–Kier alpha value is -1.85. The molecule has 0 aromatic rings. The lowest BCUT2D eigenvalue weighted by atomic mass is 10.0. The second-order valence-electron chi connectivity index (χ2n) is 20.6. The van der Waals surface area contributed by atoms with Gasteiger partial charge >= 0.3 is 17.9 Å². The Bertz CT molecular complexity index is 1040. The zero-order valence-corrected chi connectivity index (χ0v) is 45.5. The highest BCUT2D eigenvalue weighted by Gasteiger charge is 2.19. The van der Waals surface area contributed by atoms with E-state index in [9.17, 15) is 14.4 Å². The summed E-state index contributed by atoms with van der Waals surface area (Å²) in [5.74, 6) is -0.848. The molecule has 6 heteroatoms. The predicted molar refractivity (Wildman–Crippen MR) is 289 cm³/mol. The SMILES string of the molecule is CCCCCCCC/C=C\CCCCCCCC(=O)OC(COC(=O)CCCCCCCCCCCCCCCCC)COC(=O)CCCCCCCCCCCCCCCCCCCCC. The van der Waals surface area contributed by atoms with Crippen LogP contribution in [0.2, 0.25) is 0 Å². The number of allylic oxidation sites excluding steroid dienone is 2. The number of hydrogen-bond donors (Lipinski definition) is 0. The highest BCUT2D eigenvalue weighted by Crippen LogP contribution is 2.17. The van der Waals surface area contributed by atoms with Gasteiger partial charge in [0.1, 0.15) is 13.2 Å². The summed E-state index contributed by atoms with van der Waals surface area (Å²) in [5, 5.41) is 0. The van der Waals surface area contributed by atoms with Gasteiger partial charge in [-0.15, -0.1) is 0 Å². The first-order valence-electron chi connectivity index (χ1n) is 30.2. The standard InChI is InChI=1S/C61H116O6/c1-4-7-10-13-16-19-22-25-28-29-30-31-34-36-39-42-45-48-51-54-60(63)66-57-58(67-61(64)55-52-49-46-43-40-37-33-27-24-21-18-15-12-9-6-3)56-65-59(62)53-50-47-44-41-38-35-32-26-23-20-17-14-11-8-5-2/h27,33,58H,4-26,28-32,34-57H2,1-3H3/b33-27-. The third-order valence-corrected chi connectivity index (χ3v) is 13.8. The molecule has 0 aromatic heterocycles. The summed E-state index contributed by atoms with van der Waals surface area (Å²) >= 11 is 0. The van der Waals surface area contributed by atoms with Crippen molar-refractivity contribution in [2.45, 2.75) is 348 Å². The van der Waals surface area contributed by atoms with Crippen LogP contribution in [0.1, 0.15) is 342 Å². The van der Waals surface area contributed by atoms with Crippen molar-refractivity contribution in [1.82, 2.24) is 0 Å². The minimum Gasteiger partial charge on any atom is -0.462 e. The molecule has 0 amide bonds. The molecule has 0 heterocycles. The Kier molecular flexibility index (Phi) is 55.2. The summed E-state index contributed by atoms with van der Waals surface area (Å²) in [5.41, 5.74) is 0. The molecule has 0 rings (SSSR count). The van der Waals surface area contributed by atoms with E-state index in [-0.39, 0.29) is 31.1 Å². The lowest BCUT2D eigenvalue weighted by Crippen LogP contribution is -2.30. The summed E-state index contributed by atoms with van der Waals surface area (Å²) in [6.45, 7) is 6.69. The van der Waals surface area contributed by atoms with Crippen molar-refractivity contribution in [2.24, 2.45) is 0 Å². The maximum absolute atomic E-state index is 12.9. The number of ether oxygens (including phenoxy) is 3. The molecule has 1 atom stereocenters. The highest BCUT2D eigenvalue weighted by molar-refractivity contribution is 5.71. The van der Waals surface area contributed by atoms with Gasteiger partial charge in [0, 0.05) is 19.3 Å². The van der Waals surface area contributed by atoms with Gasteiger partial charge in [-0.25, -0.2) is 0 Å². The topological polar surface area (TPSA) is 78.9 Å². The van der Waals surface area contributed by atoms with Crippen LogP contribution < -0.4 is 0 Å².